The van der Waals surface area contributed by atoms with Gasteiger partial charge in [-0.25, -0.2) is 15.0 Å². The van der Waals surface area contributed by atoms with Gasteiger partial charge in [-0.1, -0.05) is 0 Å². The molecule has 0 amide bonds. The van der Waals surface area contributed by atoms with Gasteiger partial charge in [-0.2, -0.15) is 4.98 Å². The summed E-state index contributed by atoms with van der Waals surface area (Å²) in [6, 6.07) is 4.10. The van der Waals surface area contributed by atoms with Crippen molar-refractivity contribution in [2.75, 3.05) is 32.1 Å². The van der Waals surface area contributed by atoms with Crippen LogP contribution >= 0.6 is 11.3 Å². The summed E-state index contributed by atoms with van der Waals surface area (Å²) in [5.74, 6) is 2.47. The van der Waals surface area contributed by atoms with Crippen LogP contribution in [-0.4, -0.2) is 51.6 Å². The third-order valence-corrected chi connectivity index (χ3v) is 6.30. The molecule has 0 saturated carbocycles. The molecular weight excluding hydrogens is 396 g/mol. The van der Waals surface area contributed by atoms with Crippen LogP contribution in [0.5, 0.6) is 5.88 Å². The minimum Gasteiger partial charge on any atom is -0.481 e. The Bertz CT molecular complexity index is 974. The van der Waals surface area contributed by atoms with Crippen LogP contribution < -0.4 is 10.1 Å². The minimum atomic E-state index is 0.288. The second kappa shape index (κ2) is 9.49. The smallest absolute Gasteiger partial charge is 0.222 e. The molecule has 1 N–H and O–H groups in total. The molecule has 1 saturated heterocycles. The largest absolute Gasteiger partial charge is 0.481 e. The van der Waals surface area contributed by atoms with E-state index >= 15 is 0 Å². The van der Waals surface area contributed by atoms with E-state index < -0.39 is 0 Å². The Morgan fingerprint density at radius 1 is 1.23 bits per heavy atom. The monoisotopic (exact) mass is 424 g/mol. The normalized spacial score (nSPS) is 17.1. The first-order chi connectivity index (χ1) is 14.6. The quantitative estimate of drug-likeness (QED) is 0.611. The maximum atomic E-state index is 5.49. The van der Waals surface area contributed by atoms with Crippen molar-refractivity contribution in [3.8, 4) is 16.5 Å². The van der Waals surface area contributed by atoms with Crippen LogP contribution in [0.1, 0.15) is 42.6 Å². The highest BCUT2D eigenvalue weighted by atomic mass is 32.1. The highest BCUT2D eigenvalue weighted by Gasteiger charge is 2.25. The van der Waals surface area contributed by atoms with Crippen LogP contribution in [0.25, 0.3) is 10.6 Å². The third kappa shape index (κ3) is 4.94. The number of methoxy groups -OCH3 is 1. The number of rotatable bonds is 7. The van der Waals surface area contributed by atoms with Crippen LogP contribution in [0.15, 0.2) is 29.9 Å². The number of hydrogen-bond donors (Lipinski definition) is 1. The summed E-state index contributed by atoms with van der Waals surface area (Å²) in [6.45, 7) is 7.78. The molecule has 1 aliphatic rings. The van der Waals surface area contributed by atoms with Crippen molar-refractivity contribution in [2.45, 2.75) is 39.2 Å². The second-order valence-corrected chi connectivity index (χ2v) is 8.57. The number of aryl methyl sites for hydroxylation is 1. The van der Waals surface area contributed by atoms with Crippen molar-refractivity contribution >= 4 is 17.3 Å². The molecule has 8 heteroatoms. The SMILES string of the molecule is CCNc1ncc(CN2CCCC(c3nc(OC)cc(-c4cc(C)cs4)n3)C2)cn1. The standard InChI is InChI=1S/C22H28N6OS/c1-4-23-22-24-10-16(11-25-22)12-28-7-5-6-17(13-28)21-26-18(9-20(27-21)29-3)19-8-15(2)14-30-19/h8-11,14,17H,4-7,12-13H2,1-3H3,(H,23,24,25). The molecule has 1 unspecified atom stereocenters. The Kier molecular flexibility index (Phi) is 6.54. The summed E-state index contributed by atoms with van der Waals surface area (Å²) >= 11 is 1.71. The summed E-state index contributed by atoms with van der Waals surface area (Å²) in [7, 11) is 1.67. The molecule has 0 radical (unpaired) electrons. The lowest BCUT2D eigenvalue weighted by Gasteiger charge is -2.32. The first kappa shape index (κ1) is 20.7. The number of likely N-dealkylation sites (tertiary alicyclic amines) is 1. The molecule has 0 spiro atoms. The fourth-order valence-corrected chi connectivity index (χ4v) is 4.64. The van der Waals surface area contributed by atoms with Gasteiger partial charge in [0.2, 0.25) is 11.8 Å². The van der Waals surface area contributed by atoms with Gasteiger partial charge in [0, 0.05) is 49.6 Å². The molecule has 1 atom stereocenters. The second-order valence-electron chi connectivity index (χ2n) is 7.66. The molecule has 7 nitrogen and oxygen atoms in total. The van der Waals surface area contributed by atoms with Crippen LogP contribution in [0.4, 0.5) is 5.95 Å². The van der Waals surface area contributed by atoms with Gasteiger partial charge in [-0.15, -0.1) is 11.3 Å². The number of anilines is 1. The molecule has 0 aliphatic carbocycles. The first-order valence-electron chi connectivity index (χ1n) is 10.4. The third-order valence-electron chi connectivity index (χ3n) is 5.23. The van der Waals surface area contributed by atoms with Crippen LogP contribution in [-0.2, 0) is 6.54 Å². The zero-order valence-corrected chi connectivity index (χ0v) is 18.6. The van der Waals surface area contributed by atoms with E-state index in [1.54, 1.807) is 18.4 Å². The number of aromatic nitrogens is 4. The van der Waals surface area contributed by atoms with Gasteiger partial charge in [0.15, 0.2) is 0 Å². The predicted octanol–water partition coefficient (Wildman–Crippen LogP) is 4.12. The van der Waals surface area contributed by atoms with Gasteiger partial charge in [-0.05, 0) is 50.2 Å². The summed E-state index contributed by atoms with van der Waals surface area (Å²) in [5.41, 5.74) is 3.32. The van der Waals surface area contributed by atoms with Gasteiger partial charge in [-0.3, -0.25) is 4.90 Å². The van der Waals surface area contributed by atoms with Crippen LogP contribution in [0.2, 0.25) is 0 Å². The molecule has 4 heterocycles. The van der Waals surface area contributed by atoms with E-state index in [4.69, 9.17) is 14.7 Å². The fourth-order valence-electron chi connectivity index (χ4n) is 3.78. The van der Waals surface area contributed by atoms with E-state index in [1.165, 1.54) is 5.56 Å². The molecule has 0 aromatic carbocycles. The minimum absolute atomic E-state index is 0.288. The molecule has 3 aromatic heterocycles. The van der Waals surface area contributed by atoms with Crippen molar-refractivity contribution in [1.82, 2.24) is 24.8 Å². The highest BCUT2D eigenvalue weighted by molar-refractivity contribution is 7.13. The Balaban J connectivity index is 1.49. The van der Waals surface area contributed by atoms with Gasteiger partial charge in [0.05, 0.1) is 17.7 Å². The Hall–Kier alpha value is -2.58. The van der Waals surface area contributed by atoms with Crippen LogP contribution in [0, 0.1) is 6.92 Å². The van der Waals surface area contributed by atoms with Crippen molar-refractivity contribution in [1.29, 1.82) is 0 Å². The van der Waals surface area contributed by atoms with Crippen molar-refractivity contribution in [3.63, 3.8) is 0 Å². The molecule has 4 rings (SSSR count). The van der Waals surface area contributed by atoms with E-state index in [-0.39, 0.29) is 5.92 Å². The van der Waals surface area contributed by atoms with E-state index in [2.05, 4.69) is 38.6 Å². The van der Waals surface area contributed by atoms with Crippen molar-refractivity contribution in [2.24, 2.45) is 0 Å². The number of ether oxygens (including phenoxy) is 1. The summed E-state index contributed by atoms with van der Waals surface area (Å²) < 4.78 is 5.49. The van der Waals surface area contributed by atoms with Crippen LogP contribution in [0.3, 0.4) is 0 Å². The van der Waals surface area contributed by atoms with E-state index in [1.807, 2.05) is 25.4 Å². The lowest BCUT2D eigenvalue weighted by molar-refractivity contribution is 0.195. The highest BCUT2D eigenvalue weighted by Crippen LogP contribution is 2.31. The topological polar surface area (TPSA) is 76.1 Å². The summed E-state index contributed by atoms with van der Waals surface area (Å²) in [4.78, 5) is 22.0. The van der Waals surface area contributed by atoms with Gasteiger partial charge >= 0.3 is 0 Å². The Morgan fingerprint density at radius 3 is 2.77 bits per heavy atom. The lowest BCUT2D eigenvalue weighted by Crippen LogP contribution is -2.34. The predicted molar refractivity (Wildman–Crippen MR) is 120 cm³/mol. The molecule has 30 heavy (non-hydrogen) atoms. The van der Waals surface area contributed by atoms with Crippen molar-refractivity contribution in [3.05, 3.63) is 46.9 Å². The van der Waals surface area contributed by atoms with E-state index in [9.17, 15) is 0 Å². The zero-order valence-electron chi connectivity index (χ0n) is 17.8. The number of piperidine rings is 1. The fraction of sp³-hybridized carbons (Fsp3) is 0.455. The molecular formula is C22H28N6OS. The summed E-state index contributed by atoms with van der Waals surface area (Å²) in [6.07, 6.45) is 6.03. The molecule has 1 aliphatic heterocycles. The Morgan fingerprint density at radius 2 is 2.07 bits per heavy atom. The molecule has 3 aromatic rings. The van der Waals surface area contributed by atoms with E-state index in [0.717, 1.165) is 61.0 Å². The number of thiophene rings is 1. The van der Waals surface area contributed by atoms with Gasteiger partial charge in [0.25, 0.3) is 0 Å². The average Bonchev–Trinajstić information content (AvgIpc) is 3.21. The van der Waals surface area contributed by atoms with Crippen molar-refractivity contribution < 1.29 is 4.74 Å². The number of nitrogens with zero attached hydrogens (tertiary/aromatic N) is 5. The molecule has 0 bridgehead atoms. The maximum absolute atomic E-state index is 5.49. The zero-order chi connectivity index (χ0) is 20.9. The van der Waals surface area contributed by atoms with Gasteiger partial charge in [0.1, 0.15) is 5.82 Å². The summed E-state index contributed by atoms with van der Waals surface area (Å²) in [5, 5.41) is 5.28. The number of nitrogens with one attached hydrogen (secondary N) is 1. The average molecular weight is 425 g/mol. The Labute approximate surface area is 181 Å². The molecule has 158 valence electrons. The van der Waals surface area contributed by atoms with E-state index in [0.29, 0.717) is 11.8 Å². The molecule has 1 fully saturated rings. The maximum Gasteiger partial charge on any atom is 0.222 e. The number of hydrogen-bond acceptors (Lipinski definition) is 8. The lowest BCUT2D eigenvalue weighted by atomic mass is 9.96. The first-order valence-corrected chi connectivity index (χ1v) is 11.3. The van der Waals surface area contributed by atoms with Gasteiger partial charge < -0.3 is 10.1 Å².